The fraction of sp³-hybridized carbons (Fsp3) is 0.714. The van der Waals surface area contributed by atoms with Crippen LogP contribution >= 0.6 is 31.9 Å². The minimum Gasteiger partial charge on any atom is -0.451 e. The first-order valence-electron chi connectivity index (χ1n) is 7.32. The second-order valence-corrected chi connectivity index (χ2v) is 7.28. The van der Waals surface area contributed by atoms with E-state index < -0.39 is 0 Å². The molecule has 4 nitrogen and oxygen atoms in total. The van der Waals surface area contributed by atoms with Crippen LogP contribution < -0.4 is 5.73 Å². The number of hydrogen-bond donors (Lipinski definition) is 1. The summed E-state index contributed by atoms with van der Waals surface area (Å²) in [6, 6.07) is 2.92. The molecule has 2 aliphatic heterocycles. The molecule has 0 bridgehead atoms. The van der Waals surface area contributed by atoms with E-state index in [1.807, 2.05) is 6.07 Å². The molecule has 112 valence electrons. The molecule has 0 amide bonds. The predicted octanol–water partition coefficient (Wildman–Crippen LogP) is 2.97. The summed E-state index contributed by atoms with van der Waals surface area (Å²) in [5, 5.41) is 0. The number of halogens is 2. The molecule has 0 saturated carbocycles. The van der Waals surface area contributed by atoms with Crippen LogP contribution in [0.3, 0.4) is 0 Å². The van der Waals surface area contributed by atoms with Crippen molar-refractivity contribution in [2.75, 3.05) is 32.7 Å². The van der Waals surface area contributed by atoms with E-state index in [0.29, 0.717) is 12.6 Å². The highest BCUT2D eigenvalue weighted by Crippen LogP contribution is 2.33. The highest BCUT2D eigenvalue weighted by Gasteiger charge is 2.33. The number of fused-ring (bicyclic) bond motifs is 1. The molecule has 0 spiro atoms. The van der Waals surface area contributed by atoms with Crippen molar-refractivity contribution in [3.8, 4) is 0 Å². The molecule has 0 aromatic carbocycles. The Kier molecular flexibility index (Phi) is 4.87. The highest BCUT2D eigenvalue weighted by atomic mass is 79.9. The SMILES string of the molecule is NCC(c1cc(Br)c(Br)o1)N1CCN2CCCCC2C1. The molecule has 2 N–H and O–H groups in total. The largest absolute Gasteiger partial charge is 0.451 e. The maximum Gasteiger partial charge on any atom is 0.183 e. The third kappa shape index (κ3) is 2.99. The first-order chi connectivity index (χ1) is 9.69. The van der Waals surface area contributed by atoms with E-state index in [1.54, 1.807) is 0 Å². The minimum absolute atomic E-state index is 0.182. The summed E-state index contributed by atoms with van der Waals surface area (Å²) in [6.45, 7) is 5.21. The molecule has 2 saturated heterocycles. The second-order valence-electron chi connectivity index (χ2n) is 5.70. The summed E-state index contributed by atoms with van der Waals surface area (Å²) in [4.78, 5) is 5.13. The quantitative estimate of drug-likeness (QED) is 0.837. The number of furan rings is 1. The molecule has 2 aliphatic rings. The lowest BCUT2D eigenvalue weighted by molar-refractivity contribution is 0.0238. The van der Waals surface area contributed by atoms with Crippen LogP contribution in [-0.2, 0) is 0 Å². The first kappa shape index (κ1) is 15.0. The molecule has 20 heavy (non-hydrogen) atoms. The fourth-order valence-electron chi connectivity index (χ4n) is 3.44. The molecule has 2 unspecified atom stereocenters. The Hall–Kier alpha value is 0.120. The fourth-order valence-corrected chi connectivity index (χ4v) is 4.04. The molecule has 0 radical (unpaired) electrons. The Morgan fingerprint density at radius 1 is 1.30 bits per heavy atom. The molecule has 1 aromatic heterocycles. The van der Waals surface area contributed by atoms with Crippen LogP contribution in [0, 0.1) is 0 Å². The van der Waals surface area contributed by atoms with Crippen LogP contribution in [0.5, 0.6) is 0 Å². The van der Waals surface area contributed by atoms with Gasteiger partial charge >= 0.3 is 0 Å². The second kappa shape index (κ2) is 6.48. The van der Waals surface area contributed by atoms with Crippen molar-refractivity contribution in [3.05, 3.63) is 21.0 Å². The Labute approximate surface area is 136 Å². The zero-order chi connectivity index (χ0) is 14.1. The van der Waals surface area contributed by atoms with Gasteiger partial charge < -0.3 is 10.2 Å². The van der Waals surface area contributed by atoms with Crippen molar-refractivity contribution in [2.24, 2.45) is 5.73 Å². The van der Waals surface area contributed by atoms with E-state index in [1.165, 1.54) is 25.8 Å². The van der Waals surface area contributed by atoms with E-state index in [2.05, 4.69) is 41.7 Å². The average Bonchev–Trinajstić information content (AvgIpc) is 2.79. The third-order valence-corrected chi connectivity index (χ3v) is 6.24. The van der Waals surface area contributed by atoms with Gasteiger partial charge in [-0.15, -0.1) is 0 Å². The van der Waals surface area contributed by atoms with Gasteiger partial charge in [0.1, 0.15) is 5.76 Å². The predicted molar refractivity (Wildman–Crippen MR) is 86.7 cm³/mol. The van der Waals surface area contributed by atoms with Gasteiger partial charge in [0.25, 0.3) is 0 Å². The number of piperidine rings is 1. The molecule has 3 heterocycles. The number of hydrogen-bond acceptors (Lipinski definition) is 4. The lowest BCUT2D eigenvalue weighted by atomic mass is 9.98. The van der Waals surface area contributed by atoms with Crippen LogP contribution in [0.25, 0.3) is 0 Å². The molecule has 6 heteroatoms. The first-order valence-corrected chi connectivity index (χ1v) is 8.90. The van der Waals surface area contributed by atoms with Crippen LogP contribution in [0.15, 0.2) is 19.6 Å². The lowest BCUT2D eigenvalue weighted by Crippen LogP contribution is -2.56. The molecule has 2 atom stereocenters. The summed E-state index contributed by atoms with van der Waals surface area (Å²) in [7, 11) is 0. The maximum absolute atomic E-state index is 6.02. The summed E-state index contributed by atoms with van der Waals surface area (Å²) in [5.74, 6) is 0.954. The third-order valence-electron chi connectivity index (χ3n) is 4.53. The van der Waals surface area contributed by atoms with E-state index in [9.17, 15) is 0 Å². The Morgan fingerprint density at radius 3 is 2.85 bits per heavy atom. The Balaban J connectivity index is 1.73. The minimum atomic E-state index is 0.182. The number of nitrogens with zero attached hydrogens (tertiary/aromatic N) is 2. The van der Waals surface area contributed by atoms with Crippen LogP contribution in [0.2, 0.25) is 0 Å². The summed E-state index contributed by atoms with van der Waals surface area (Å²) < 4.78 is 7.50. The van der Waals surface area contributed by atoms with Crippen LogP contribution in [-0.4, -0.2) is 48.6 Å². The monoisotopic (exact) mass is 405 g/mol. The summed E-state index contributed by atoms with van der Waals surface area (Å²) >= 11 is 6.90. The topological polar surface area (TPSA) is 45.6 Å². The Morgan fingerprint density at radius 2 is 2.15 bits per heavy atom. The van der Waals surface area contributed by atoms with Gasteiger partial charge in [0.2, 0.25) is 0 Å². The van der Waals surface area contributed by atoms with Crippen molar-refractivity contribution in [1.29, 1.82) is 0 Å². The van der Waals surface area contributed by atoms with Crippen LogP contribution in [0.4, 0.5) is 0 Å². The van der Waals surface area contributed by atoms with Crippen molar-refractivity contribution in [1.82, 2.24) is 9.80 Å². The van der Waals surface area contributed by atoms with E-state index in [4.69, 9.17) is 10.2 Å². The molecular formula is C14H21Br2N3O. The Bertz CT molecular complexity index is 446. The molecule has 1 aromatic rings. The zero-order valence-corrected chi connectivity index (χ0v) is 14.7. The summed E-state index contributed by atoms with van der Waals surface area (Å²) in [6.07, 6.45) is 4.04. The molecular weight excluding hydrogens is 386 g/mol. The van der Waals surface area contributed by atoms with Crippen molar-refractivity contribution >= 4 is 31.9 Å². The normalized spacial score (nSPS) is 26.4. The lowest BCUT2D eigenvalue weighted by Gasteiger charge is -2.46. The zero-order valence-electron chi connectivity index (χ0n) is 11.5. The van der Waals surface area contributed by atoms with E-state index in [0.717, 1.165) is 34.5 Å². The van der Waals surface area contributed by atoms with Gasteiger partial charge in [-0.1, -0.05) is 6.42 Å². The van der Waals surface area contributed by atoms with Gasteiger partial charge in [-0.25, -0.2) is 0 Å². The van der Waals surface area contributed by atoms with Gasteiger partial charge in [-0.05, 0) is 57.3 Å². The van der Waals surface area contributed by atoms with E-state index in [-0.39, 0.29) is 6.04 Å². The molecule has 0 aliphatic carbocycles. The standard InChI is InChI=1S/C14H21Br2N3O/c15-11-7-13(20-14(11)16)12(8-17)19-6-5-18-4-2-1-3-10(18)9-19/h7,10,12H,1-6,8-9,17H2. The van der Waals surface area contributed by atoms with Gasteiger partial charge in [-0.2, -0.15) is 0 Å². The summed E-state index contributed by atoms with van der Waals surface area (Å²) in [5.41, 5.74) is 6.02. The van der Waals surface area contributed by atoms with Crippen molar-refractivity contribution < 1.29 is 4.42 Å². The maximum atomic E-state index is 6.02. The van der Waals surface area contributed by atoms with Gasteiger partial charge in [0, 0.05) is 32.2 Å². The average molecular weight is 407 g/mol. The van der Waals surface area contributed by atoms with Gasteiger partial charge in [0.05, 0.1) is 10.5 Å². The van der Waals surface area contributed by atoms with Gasteiger partial charge in [-0.3, -0.25) is 9.80 Å². The number of piperazine rings is 1. The van der Waals surface area contributed by atoms with Crippen LogP contribution in [0.1, 0.15) is 31.1 Å². The van der Waals surface area contributed by atoms with Crippen molar-refractivity contribution in [2.45, 2.75) is 31.3 Å². The van der Waals surface area contributed by atoms with Gasteiger partial charge in [0.15, 0.2) is 4.67 Å². The van der Waals surface area contributed by atoms with Crippen molar-refractivity contribution in [3.63, 3.8) is 0 Å². The molecule has 2 fully saturated rings. The number of rotatable bonds is 3. The number of nitrogens with two attached hydrogens (primary N) is 1. The smallest absolute Gasteiger partial charge is 0.183 e. The molecule has 3 rings (SSSR count). The van der Waals surface area contributed by atoms with E-state index >= 15 is 0 Å². The highest BCUT2D eigenvalue weighted by molar-refractivity contribution is 9.13.